The number of carbonyl (C=O) groups excluding carboxylic acids is 1. The summed E-state index contributed by atoms with van der Waals surface area (Å²) in [6.45, 7) is 6.20. The summed E-state index contributed by atoms with van der Waals surface area (Å²) in [6.07, 6.45) is 1.35. The summed E-state index contributed by atoms with van der Waals surface area (Å²) in [7, 11) is 1.67. The molecule has 4 aromatic rings. The Morgan fingerprint density at radius 1 is 1.07 bits per heavy atom. The van der Waals surface area contributed by atoms with Gasteiger partial charge in [0, 0.05) is 23.8 Å². The molecule has 0 atom stereocenters. The van der Waals surface area contributed by atoms with Gasteiger partial charge in [0.25, 0.3) is 0 Å². The highest BCUT2D eigenvalue weighted by Gasteiger charge is 2.16. The monoisotopic (exact) mass is 403 g/mol. The van der Waals surface area contributed by atoms with Crippen molar-refractivity contribution in [3.63, 3.8) is 0 Å². The summed E-state index contributed by atoms with van der Waals surface area (Å²) < 4.78 is 12.9. The summed E-state index contributed by atoms with van der Waals surface area (Å²) in [4.78, 5) is 16.5. The molecule has 0 bridgehead atoms. The molecule has 0 aliphatic heterocycles. The van der Waals surface area contributed by atoms with Gasteiger partial charge in [0.05, 0.1) is 23.7 Å². The fraction of sp³-hybridized carbons (Fsp3) is 0.250. The number of rotatable bonds is 4. The Bertz CT molecular complexity index is 1200. The number of amides is 1. The number of benzene rings is 2. The lowest BCUT2D eigenvalue weighted by molar-refractivity contribution is 0.0636. The van der Waals surface area contributed by atoms with Crippen molar-refractivity contribution in [1.29, 1.82) is 0 Å². The first kappa shape index (κ1) is 19.8. The smallest absolute Gasteiger partial charge is 0.412 e. The predicted molar refractivity (Wildman–Crippen MR) is 119 cm³/mol. The zero-order valence-corrected chi connectivity index (χ0v) is 17.6. The number of hydrogen-bond donors (Lipinski definition) is 1. The molecule has 6 heteroatoms. The number of methoxy groups -OCH3 is 1. The number of aromatic nitrogens is 2. The van der Waals surface area contributed by atoms with Crippen molar-refractivity contribution in [2.75, 3.05) is 12.4 Å². The van der Waals surface area contributed by atoms with E-state index in [-0.39, 0.29) is 0 Å². The second-order valence-corrected chi connectivity index (χ2v) is 8.16. The van der Waals surface area contributed by atoms with Crippen molar-refractivity contribution >= 4 is 33.7 Å². The molecule has 1 N–H and O–H groups in total. The largest absolute Gasteiger partial charge is 0.497 e. The third kappa shape index (κ3) is 4.08. The molecule has 2 heterocycles. The van der Waals surface area contributed by atoms with Gasteiger partial charge in [0.15, 0.2) is 0 Å². The van der Waals surface area contributed by atoms with Crippen LogP contribution in [0.1, 0.15) is 26.3 Å². The van der Waals surface area contributed by atoms with Gasteiger partial charge in [0.2, 0.25) is 0 Å². The second kappa shape index (κ2) is 7.71. The van der Waals surface area contributed by atoms with Gasteiger partial charge >= 0.3 is 6.09 Å². The standard InChI is InChI=1S/C24H25N3O3/c1-24(2,3)30-23(28)26-17-9-7-16(8-10-17)15-27-20-12-11-18(29-4)14-19(20)22-21(27)6-5-13-25-22/h5-14H,15H2,1-4H3,(H,26,28). The average Bonchev–Trinajstić information content (AvgIpc) is 3.01. The van der Waals surface area contributed by atoms with Crippen LogP contribution in [0.2, 0.25) is 0 Å². The molecule has 0 fully saturated rings. The highest BCUT2D eigenvalue weighted by Crippen LogP contribution is 2.31. The van der Waals surface area contributed by atoms with E-state index in [2.05, 4.69) is 27.0 Å². The van der Waals surface area contributed by atoms with Crippen molar-refractivity contribution in [2.24, 2.45) is 0 Å². The molecule has 0 spiro atoms. The maximum atomic E-state index is 12.0. The SMILES string of the molecule is COc1ccc2c(c1)c1ncccc1n2Cc1ccc(NC(=O)OC(C)(C)C)cc1. The molecule has 30 heavy (non-hydrogen) atoms. The Labute approximate surface area is 175 Å². The Balaban J connectivity index is 1.62. The van der Waals surface area contributed by atoms with Crippen molar-refractivity contribution in [2.45, 2.75) is 32.9 Å². The van der Waals surface area contributed by atoms with E-state index in [4.69, 9.17) is 9.47 Å². The van der Waals surface area contributed by atoms with E-state index in [1.54, 1.807) is 7.11 Å². The van der Waals surface area contributed by atoms with E-state index in [9.17, 15) is 4.79 Å². The van der Waals surface area contributed by atoms with Crippen LogP contribution in [0.3, 0.4) is 0 Å². The molecule has 6 nitrogen and oxygen atoms in total. The Morgan fingerprint density at radius 2 is 1.83 bits per heavy atom. The normalized spacial score (nSPS) is 11.6. The molecular formula is C24H25N3O3. The third-order valence-electron chi connectivity index (χ3n) is 4.77. The van der Waals surface area contributed by atoms with Crippen molar-refractivity contribution in [1.82, 2.24) is 9.55 Å². The topological polar surface area (TPSA) is 65.4 Å². The van der Waals surface area contributed by atoms with Crippen LogP contribution in [0.5, 0.6) is 5.75 Å². The molecule has 0 aliphatic carbocycles. The van der Waals surface area contributed by atoms with E-state index in [1.165, 1.54) is 0 Å². The van der Waals surface area contributed by atoms with Crippen LogP contribution >= 0.6 is 0 Å². The Morgan fingerprint density at radius 3 is 2.53 bits per heavy atom. The van der Waals surface area contributed by atoms with Crippen LogP contribution in [-0.4, -0.2) is 28.4 Å². The van der Waals surface area contributed by atoms with E-state index in [1.807, 2.05) is 69.4 Å². The quantitative estimate of drug-likeness (QED) is 0.482. The first-order valence-corrected chi connectivity index (χ1v) is 9.84. The minimum absolute atomic E-state index is 0.460. The fourth-order valence-electron chi connectivity index (χ4n) is 3.49. The number of nitrogens with one attached hydrogen (secondary N) is 1. The zero-order chi connectivity index (χ0) is 21.3. The van der Waals surface area contributed by atoms with Gasteiger partial charge in [-0.15, -0.1) is 0 Å². The van der Waals surface area contributed by atoms with Crippen molar-refractivity contribution < 1.29 is 14.3 Å². The maximum absolute atomic E-state index is 12.0. The van der Waals surface area contributed by atoms with Gasteiger partial charge in [-0.05, 0) is 68.8 Å². The summed E-state index contributed by atoms with van der Waals surface area (Å²) in [6, 6.07) is 17.8. The lowest BCUT2D eigenvalue weighted by Gasteiger charge is -2.19. The summed E-state index contributed by atoms with van der Waals surface area (Å²) in [5.41, 5.74) is 4.40. The van der Waals surface area contributed by atoms with Crippen LogP contribution in [0, 0.1) is 0 Å². The number of anilines is 1. The summed E-state index contributed by atoms with van der Waals surface area (Å²) >= 11 is 0. The van der Waals surface area contributed by atoms with E-state index >= 15 is 0 Å². The number of ether oxygens (including phenoxy) is 2. The summed E-state index contributed by atoms with van der Waals surface area (Å²) in [5.74, 6) is 0.810. The molecule has 0 aliphatic rings. The highest BCUT2D eigenvalue weighted by atomic mass is 16.6. The lowest BCUT2D eigenvalue weighted by Crippen LogP contribution is -2.27. The molecule has 2 aromatic carbocycles. The number of fused-ring (bicyclic) bond motifs is 3. The van der Waals surface area contributed by atoms with E-state index < -0.39 is 11.7 Å². The van der Waals surface area contributed by atoms with Gasteiger partial charge in [-0.25, -0.2) is 4.79 Å². The Hall–Kier alpha value is -3.54. The molecular weight excluding hydrogens is 378 g/mol. The maximum Gasteiger partial charge on any atom is 0.412 e. The second-order valence-electron chi connectivity index (χ2n) is 8.16. The molecule has 154 valence electrons. The van der Waals surface area contributed by atoms with Gasteiger partial charge < -0.3 is 14.0 Å². The number of nitrogens with zero attached hydrogens (tertiary/aromatic N) is 2. The number of hydrogen-bond acceptors (Lipinski definition) is 4. The van der Waals surface area contributed by atoms with E-state index in [0.717, 1.165) is 33.2 Å². The molecule has 0 unspecified atom stereocenters. The first-order valence-electron chi connectivity index (χ1n) is 9.84. The minimum Gasteiger partial charge on any atom is -0.497 e. The van der Waals surface area contributed by atoms with Crippen LogP contribution in [-0.2, 0) is 11.3 Å². The van der Waals surface area contributed by atoms with Crippen LogP contribution in [0.15, 0.2) is 60.8 Å². The lowest BCUT2D eigenvalue weighted by atomic mass is 10.2. The molecule has 1 amide bonds. The highest BCUT2D eigenvalue weighted by molar-refractivity contribution is 6.06. The molecule has 0 saturated heterocycles. The molecule has 0 radical (unpaired) electrons. The van der Waals surface area contributed by atoms with Crippen molar-refractivity contribution in [3.8, 4) is 5.75 Å². The van der Waals surface area contributed by atoms with Gasteiger partial charge in [-0.3, -0.25) is 10.3 Å². The number of pyridine rings is 1. The van der Waals surface area contributed by atoms with Crippen LogP contribution < -0.4 is 10.1 Å². The zero-order valence-electron chi connectivity index (χ0n) is 17.6. The Kier molecular flexibility index (Phi) is 5.08. The molecule has 0 saturated carbocycles. The fourth-order valence-corrected chi connectivity index (χ4v) is 3.49. The van der Waals surface area contributed by atoms with Gasteiger partial charge in [-0.1, -0.05) is 12.1 Å². The van der Waals surface area contributed by atoms with E-state index in [0.29, 0.717) is 12.2 Å². The van der Waals surface area contributed by atoms with Gasteiger partial charge in [0.1, 0.15) is 11.4 Å². The van der Waals surface area contributed by atoms with Crippen molar-refractivity contribution in [3.05, 3.63) is 66.4 Å². The third-order valence-corrected chi connectivity index (χ3v) is 4.77. The first-order chi connectivity index (χ1) is 14.3. The van der Waals surface area contributed by atoms with Crippen LogP contribution in [0.25, 0.3) is 21.9 Å². The average molecular weight is 403 g/mol. The summed E-state index contributed by atoms with van der Waals surface area (Å²) in [5, 5.41) is 3.83. The van der Waals surface area contributed by atoms with Gasteiger partial charge in [-0.2, -0.15) is 0 Å². The minimum atomic E-state index is -0.530. The molecule has 4 rings (SSSR count). The predicted octanol–water partition coefficient (Wildman–Crippen LogP) is 5.59. The molecule has 2 aromatic heterocycles. The van der Waals surface area contributed by atoms with Crippen LogP contribution in [0.4, 0.5) is 10.5 Å². The number of carbonyl (C=O) groups is 1.